The van der Waals surface area contributed by atoms with Gasteiger partial charge >= 0.3 is 5.97 Å². The maximum atomic E-state index is 12.2. The Morgan fingerprint density at radius 3 is 2.64 bits per heavy atom. The molecule has 1 amide bonds. The van der Waals surface area contributed by atoms with Gasteiger partial charge in [0.15, 0.2) is 6.61 Å². The van der Waals surface area contributed by atoms with Crippen LogP contribution < -0.4 is 10.2 Å². The van der Waals surface area contributed by atoms with Crippen LogP contribution in [0.3, 0.4) is 0 Å². The average molecular weight is 442 g/mol. The van der Waals surface area contributed by atoms with Crippen molar-refractivity contribution in [3.63, 3.8) is 0 Å². The summed E-state index contributed by atoms with van der Waals surface area (Å²) in [5, 5.41) is 14.1. The van der Waals surface area contributed by atoms with Crippen molar-refractivity contribution < 1.29 is 19.4 Å². The van der Waals surface area contributed by atoms with Gasteiger partial charge in [-0.25, -0.2) is 10.2 Å². The highest BCUT2D eigenvalue weighted by atomic mass is 16.5. The normalized spacial score (nSPS) is 11.1. The van der Waals surface area contributed by atoms with E-state index in [4.69, 9.17) is 9.84 Å². The van der Waals surface area contributed by atoms with Crippen molar-refractivity contribution in [2.24, 2.45) is 5.10 Å². The number of carbonyl (C=O) groups excluding carboxylic acids is 1. The number of carboxylic acids is 1. The molecule has 0 fully saturated rings. The number of rotatable bonds is 7. The van der Waals surface area contributed by atoms with E-state index in [1.807, 2.05) is 48.7 Å². The highest BCUT2D eigenvalue weighted by molar-refractivity contribution is 5.88. The Bertz CT molecular complexity index is 1350. The lowest BCUT2D eigenvalue weighted by molar-refractivity contribution is -0.123. The van der Waals surface area contributed by atoms with Gasteiger partial charge in [-0.2, -0.15) is 5.10 Å². The predicted octanol–water partition coefficient (Wildman–Crippen LogP) is 3.87. The minimum absolute atomic E-state index is 0.192. The number of hydrogen-bond acceptors (Lipinski definition) is 5. The predicted molar refractivity (Wildman–Crippen MR) is 125 cm³/mol. The lowest BCUT2D eigenvalue weighted by atomic mass is 10.2. The first-order valence-corrected chi connectivity index (χ1v) is 10.2. The molecule has 0 aliphatic rings. The highest BCUT2D eigenvalue weighted by Crippen LogP contribution is 2.23. The number of amides is 1. The fourth-order valence-electron chi connectivity index (χ4n) is 3.61. The number of aromatic nitrogens is 2. The van der Waals surface area contributed by atoms with E-state index in [0.717, 1.165) is 28.0 Å². The van der Waals surface area contributed by atoms with Crippen molar-refractivity contribution in [3.05, 3.63) is 89.4 Å². The molecule has 0 saturated carbocycles. The molecular formula is C25H22N4O4. The number of para-hydroxylation sites is 1. The lowest BCUT2D eigenvalue weighted by Gasteiger charge is -2.10. The number of hydrogen-bond donors (Lipinski definition) is 2. The van der Waals surface area contributed by atoms with Crippen molar-refractivity contribution in [2.45, 2.75) is 13.8 Å². The van der Waals surface area contributed by atoms with Gasteiger partial charge in [0.1, 0.15) is 11.3 Å². The van der Waals surface area contributed by atoms with E-state index in [1.54, 1.807) is 42.7 Å². The molecule has 0 aliphatic heterocycles. The van der Waals surface area contributed by atoms with E-state index in [2.05, 4.69) is 15.5 Å². The molecule has 0 spiro atoms. The van der Waals surface area contributed by atoms with Gasteiger partial charge in [0.2, 0.25) is 0 Å². The number of carbonyl (C=O) groups is 2. The molecule has 2 aromatic heterocycles. The third kappa shape index (κ3) is 4.74. The van der Waals surface area contributed by atoms with E-state index >= 15 is 0 Å². The first-order chi connectivity index (χ1) is 15.9. The first kappa shape index (κ1) is 21.8. The molecule has 0 saturated heterocycles. The molecule has 4 aromatic rings. The van der Waals surface area contributed by atoms with E-state index < -0.39 is 11.9 Å². The van der Waals surface area contributed by atoms with Gasteiger partial charge in [0, 0.05) is 34.2 Å². The number of hydrazone groups is 1. The summed E-state index contributed by atoms with van der Waals surface area (Å²) in [5.41, 5.74) is 6.93. The third-order valence-electron chi connectivity index (χ3n) is 5.19. The van der Waals surface area contributed by atoms with Gasteiger partial charge in [0.05, 0.1) is 11.8 Å². The summed E-state index contributed by atoms with van der Waals surface area (Å²) in [6.07, 6.45) is 3.25. The fraction of sp³-hybridized carbons (Fsp3) is 0.120. The van der Waals surface area contributed by atoms with Crippen molar-refractivity contribution in [2.75, 3.05) is 6.61 Å². The molecule has 8 nitrogen and oxygen atoms in total. The molecule has 2 N–H and O–H groups in total. The van der Waals surface area contributed by atoms with Crippen molar-refractivity contribution in [3.8, 4) is 11.4 Å². The molecule has 2 aromatic carbocycles. The Morgan fingerprint density at radius 2 is 1.88 bits per heavy atom. The molecule has 8 heteroatoms. The summed E-state index contributed by atoms with van der Waals surface area (Å²) in [5.74, 6) is -0.825. The van der Waals surface area contributed by atoms with Crippen LogP contribution in [-0.4, -0.2) is 39.4 Å². The molecule has 0 unspecified atom stereocenters. The summed E-state index contributed by atoms with van der Waals surface area (Å²) in [6.45, 7) is 3.68. The minimum atomic E-state index is -0.966. The van der Waals surface area contributed by atoms with Crippen LogP contribution in [-0.2, 0) is 4.79 Å². The number of aryl methyl sites for hydroxylation is 1. The minimum Gasteiger partial charge on any atom is -0.481 e. The summed E-state index contributed by atoms with van der Waals surface area (Å²) in [6, 6.07) is 17.9. The smallest absolute Gasteiger partial charge is 0.335 e. The van der Waals surface area contributed by atoms with Gasteiger partial charge in [-0.15, -0.1) is 0 Å². The zero-order valence-corrected chi connectivity index (χ0v) is 18.1. The van der Waals surface area contributed by atoms with E-state index in [-0.39, 0.29) is 12.2 Å². The van der Waals surface area contributed by atoms with Crippen LogP contribution in [0.15, 0.2) is 72.0 Å². The standard InChI is InChI=1S/C25H22N4O4/c1-16-13-20(17(2)29(16)21-10-8-19(9-11-21)25(31)32)14-27-28-23(30)15-33-22-7-3-5-18-6-4-12-26-24(18)22/h3-14H,15H2,1-2H3,(H,28,30)(H,31,32)/b27-14+. The van der Waals surface area contributed by atoms with Crippen molar-refractivity contribution >= 4 is 29.0 Å². The summed E-state index contributed by atoms with van der Waals surface area (Å²) in [4.78, 5) is 27.6. The number of carboxylic acid groups (broad SMARTS) is 1. The van der Waals surface area contributed by atoms with Gasteiger partial charge in [0.25, 0.3) is 5.91 Å². The van der Waals surface area contributed by atoms with Crippen LogP contribution in [0, 0.1) is 13.8 Å². The second-order valence-corrected chi connectivity index (χ2v) is 7.43. The number of aromatic carboxylic acids is 1. The quantitative estimate of drug-likeness (QED) is 0.334. The van der Waals surface area contributed by atoms with Gasteiger partial charge in [-0.3, -0.25) is 9.78 Å². The number of pyridine rings is 1. The number of ether oxygens (including phenoxy) is 1. The van der Waals surface area contributed by atoms with Crippen molar-refractivity contribution in [1.82, 2.24) is 15.0 Å². The van der Waals surface area contributed by atoms with Crippen LogP contribution in [0.5, 0.6) is 5.75 Å². The molecule has 0 radical (unpaired) electrons. The summed E-state index contributed by atoms with van der Waals surface area (Å²) < 4.78 is 7.61. The lowest BCUT2D eigenvalue weighted by Crippen LogP contribution is -2.24. The highest BCUT2D eigenvalue weighted by Gasteiger charge is 2.11. The average Bonchev–Trinajstić information content (AvgIpc) is 3.10. The van der Waals surface area contributed by atoms with Gasteiger partial charge < -0.3 is 14.4 Å². The summed E-state index contributed by atoms with van der Waals surface area (Å²) >= 11 is 0. The number of nitrogens with zero attached hydrogens (tertiary/aromatic N) is 3. The van der Waals surface area contributed by atoms with Crippen molar-refractivity contribution in [1.29, 1.82) is 0 Å². The Hall–Kier alpha value is -4.46. The zero-order chi connectivity index (χ0) is 23.4. The number of fused-ring (bicyclic) bond motifs is 1. The van der Waals surface area contributed by atoms with Crippen LogP contribution in [0.2, 0.25) is 0 Å². The molecule has 166 valence electrons. The van der Waals surface area contributed by atoms with Crippen LogP contribution in [0.1, 0.15) is 27.3 Å². The molecule has 0 aliphatic carbocycles. The number of nitrogens with one attached hydrogen (secondary N) is 1. The van der Waals surface area contributed by atoms with Crippen LogP contribution in [0.25, 0.3) is 16.6 Å². The zero-order valence-electron chi connectivity index (χ0n) is 18.1. The fourth-order valence-corrected chi connectivity index (χ4v) is 3.61. The molecule has 0 atom stereocenters. The Kier molecular flexibility index (Phi) is 6.17. The van der Waals surface area contributed by atoms with Crippen LogP contribution >= 0.6 is 0 Å². The Balaban J connectivity index is 1.40. The monoisotopic (exact) mass is 442 g/mol. The second-order valence-electron chi connectivity index (χ2n) is 7.43. The maximum Gasteiger partial charge on any atom is 0.335 e. The third-order valence-corrected chi connectivity index (χ3v) is 5.19. The van der Waals surface area contributed by atoms with Gasteiger partial charge in [-0.05, 0) is 56.3 Å². The second kappa shape index (κ2) is 9.35. The molecule has 0 bridgehead atoms. The first-order valence-electron chi connectivity index (χ1n) is 10.2. The topological polar surface area (TPSA) is 106 Å². The maximum absolute atomic E-state index is 12.2. The Morgan fingerprint density at radius 1 is 1.12 bits per heavy atom. The largest absolute Gasteiger partial charge is 0.481 e. The molecule has 2 heterocycles. The van der Waals surface area contributed by atoms with E-state index in [0.29, 0.717) is 11.3 Å². The van der Waals surface area contributed by atoms with Gasteiger partial charge in [-0.1, -0.05) is 18.2 Å². The Labute approximate surface area is 190 Å². The molecular weight excluding hydrogens is 420 g/mol. The van der Waals surface area contributed by atoms with E-state index in [1.165, 1.54) is 0 Å². The van der Waals surface area contributed by atoms with E-state index in [9.17, 15) is 9.59 Å². The number of benzene rings is 2. The SMILES string of the molecule is Cc1cc(/C=N/NC(=O)COc2cccc3cccnc23)c(C)n1-c1ccc(C(=O)O)cc1. The molecule has 4 rings (SSSR count). The summed E-state index contributed by atoms with van der Waals surface area (Å²) in [7, 11) is 0. The molecule has 33 heavy (non-hydrogen) atoms. The van der Waals surface area contributed by atoms with Crippen LogP contribution in [0.4, 0.5) is 0 Å².